The van der Waals surface area contributed by atoms with Crippen molar-refractivity contribution in [1.82, 2.24) is 15.5 Å². The van der Waals surface area contributed by atoms with E-state index < -0.39 is 0 Å². The van der Waals surface area contributed by atoms with Crippen LogP contribution in [0.25, 0.3) is 0 Å². The molecule has 0 aliphatic rings. The highest BCUT2D eigenvalue weighted by Gasteiger charge is 2.10. The number of hydrogen-bond acceptors (Lipinski definition) is 3. The second-order valence-electron chi connectivity index (χ2n) is 6.41. The number of nitrogens with one attached hydrogen (secondary N) is 2. The summed E-state index contributed by atoms with van der Waals surface area (Å²) in [7, 11) is 3.54. The smallest absolute Gasteiger partial charge is 0.251 e. The summed E-state index contributed by atoms with van der Waals surface area (Å²) in [6, 6.07) is 7.68. The molecule has 1 rings (SSSR count). The summed E-state index contributed by atoms with van der Waals surface area (Å²) in [5, 5.41) is 5.66. The Kier molecular flexibility index (Phi) is 9.08. The Labute approximate surface area is 145 Å². The number of hydrogen-bond donors (Lipinski definition) is 2. The van der Waals surface area contributed by atoms with Crippen LogP contribution >= 0.6 is 0 Å². The first-order valence-electron chi connectivity index (χ1n) is 8.75. The van der Waals surface area contributed by atoms with E-state index in [1.807, 2.05) is 24.1 Å². The largest absolute Gasteiger partial charge is 0.355 e. The summed E-state index contributed by atoms with van der Waals surface area (Å²) in [5.41, 5.74) is 1.72. The highest BCUT2D eigenvalue weighted by atomic mass is 16.2. The van der Waals surface area contributed by atoms with Crippen molar-refractivity contribution in [2.45, 2.75) is 52.1 Å². The lowest BCUT2D eigenvalue weighted by Crippen LogP contribution is -2.39. The van der Waals surface area contributed by atoms with Gasteiger partial charge in [0.05, 0.1) is 6.54 Å². The zero-order chi connectivity index (χ0) is 17.9. The monoisotopic (exact) mass is 333 g/mol. The van der Waals surface area contributed by atoms with Gasteiger partial charge in [0.25, 0.3) is 5.91 Å². The highest BCUT2D eigenvalue weighted by molar-refractivity contribution is 5.93. The van der Waals surface area contributed by atoms with Crippen LogP contribution in [0.1, 0.15) is 55.5 Å². The number of carbonyl (C=O) groups is 2. The van der Waals surface area contributed by atoms with Crippen LogP contribution < -0.4 is 10.6 Å². The van der Waals surface area contributed by atoms with Gasteiger partial charge in [0.1, 0.15) is 0 Å². The molecule has 1 aromatic carbocycles. The number of unbranched alkanes of at least 4 members (excludes halogenated alkanes) is 2. The molecule has 5 nitrogen and oxygen atoms in total. The molecule has 1 atom stereocenters. The molecule has 0 spiro atoms. The van der Waals surface area contributed by atoms with Crippen LogP contribution in [0, 0.1) is 0 Å². The Morgan fingerprint density at radius 3 is 2.42 bits per heavy atom. The fourth-order valence-corrected chi connectivity index (χ4v) is 2.61. The lowest BCUT2D eigenvalue weighted by atomic mass is 10.1. The molecule has 0 heterocycles. The van der Waals surface area contributed by atoms with Crippen LogP contribution in [0.3, 0.4) is 0 Å². The van der Waals surface area contributed by atoms with Gasteiger partial charge in [-0.25, -0.2) is 0 Å². The number of likely N-dealkylation sites (N-methyl/N-ethyl adjacent to an activating group) is 1. The summed E-state index contributed by atoms with van der Waals surface area (Å²) >= 11 is 0. The van der Waals surface area contributed by atoms with E-state index in [0.29, 0.717) is 18.7 Å². The molecule has 0 aliphatic carbocycles. The molecular formula is C19H31N3O2. The average molecular weight is 333 g/mol. The van der Waals surface area contributed by atoms with Gasteiger partial charge in [-0.05, 0) is 38.1 Å². The molecule has 0 saturated heterocycles. The Hall–Kier alpha value is -1.88. The van der Waals surface area contributed by atoms with Crippen molar-refractivity contribution in [3.05, 3.63) is 35.4 Å². The molecule has 2 N–H and O–H groups in total. The van der Waals surface area contributed by atoms with Crippen molar-refractivity contribution in [2.75, 3.05) is 20.6 Å². The molecule has 0 unspecified atom stereocenters. The van der Waals surface area contributed by atoms with Crippen LogP contribution in [0.5, 0.6) is 0 Å². The summed E-state index contributed by atoms with van der Waals surface area (Å²) in [4.78, 5) is 25.6. The SMILES string of the molecule is CCCCC[C@H](C)NC(=O)CN(C)Cc1ccc(C(=O)NC)cc1. The van der Waals surface area contributed by atoms with Crippen molar-refractivity contribution in [3.8, 4) is 0 Å². The standard InChI is InChI=1S/C19H31N3O2/c1-5-6-7-8-15(2)21-18(23)14-22(4)13-16-9-11-17(12-10-16)19(24)20-3/h9-12,15H,5-8,13-14H2,1-4H3,(H,20,24)(H,21,23)/t15-/m0/s1. The van der Waals surface area contributed by atoms with Crippen molar-refractivity contribution >= 4 is 11.8 Å². The highest BCUT2D eigenvalue weighted by Crippen LogP contribution is 2.07. The topological polar surface area (TPSA) is 61.4 Å². The van der Waals surface area contributed by atoms with Gasteiger partial charge in [0.15, 0.2) is 0 Å². The Bertz CT molecular complexity index is 514. The van der Waals surface area contributed by atoms with Crippen molar-refractivity contribution in [1.29, 1.82) is 0 Å². The number of benzene rings is 1. The first-order valence-corrected chi connectivity index (χ1v) is 8.75. The summed E-state index contributed by atoms with van der Waals surface area (Å²) in [6.45, 7) is 5.28. The predicted molar refractivity (Wildman–Crippen MR) is 97.9 cm³/mol. The van der Waals surface area contributed by atoms with Crippen LogP contribution in [0.15, 0.2) is 24.3 Å². The average Bonchev–Trinajstić information content (AvgIpc) is 2.54. The van der Waals surface area contributed by atoms with Crippen molar-refractivity contribution in [3.63, 3.8) is 0 Å². The number of amides is 2. The summed E-state index contributed by atoms with van der Waals surface area (Å²) in [5.74, 6) is -0.0326. The number of rotatable bonds is 10. The normalized spacial score (nSPS) is 12.0. The molecule has 1 aromatic rings. The summed E-state index contributed by atoms with van der Waals surface area (Å²) < 4.78 is 0. The van der Waals surface area contributed by atoms with E-state index in [1.165, 1.54) is 12.8 Å². The third kappa shape index (κ3) is 7.59. The molecule has 134 valence electrons. The Morgan fingerprint density at radius 1 is 1.17 bits per heavy atom. The van der Waals surface area contributed by atoms with E-state index >= 15 is 0 Å². The molecule has 0 aromatic heterocycles. The van der Waals surface area contributed by atoms with Gasteiger partial charge < -0.3 is 10.6 Å². The van der Waals surface area contributed by atoms with Gasteiger partial charge in [0, 0.05) is 25.2 Å². The van der Waals surface area contributed by atoms with Crippen LogP contribution in [-0.4, -0.2) is 43.4 Å². The molecule has 0 saturated carbocycles. The van der Waals surface area contributed by atoms with Gasteiger partial charge in [0.2, 0.25) is 5.91 Å². The second-order valence-corrected chi connectivity index (χ2v) is 6.41. The molecule has 2 amide bonds. The Balaban J connectivity index is 2.38. The zero-order valence-corrected chi connectivity index (χ0v) is 15.4. The van der Waals surface area contributed by atoms with E-state index in [4.69, 9.17) is 0 Å². The molecule has 0 aliphatic heterocycles. The third-order valence-corrected chi connectivity index (χ3v) is 3.96. The van der Waals surface area contributed by atoms with Crippen LogP contribution in [-0.2, 0) is 11.3 Å². The Morgan fingerprint density at radius 2 is 1.83 bits per heavy atom. The lowest BCUT2D eigenvalue weighted by molar-refractivity contribution is -0.122. The lowest BCUT2D eigenvalue weighted by Gasteiger charge is -2.19. The van der Waals surface area contributed by atoms with Gasteiger partial charge in [-0.3, -0.25) is 14.5 Å². The van der Waals surface area contributed by atoms with Gasteiger partial charge in [-0.15, -0.1) is 0 Å². The minimum Gasteiger partial charge on any atom is -0.355 e. The first kappa shape index (κ1) is 20.2. The van der Waals surface area contributed by atoms with Crippen LogP contribution in [0.2, 0.25) is 0 Å². The maximum atomic E-state index is 12.1. The summed E-state index contributed by atoms with van der Waals surface area (Å²) in [6.07, 6.45) is 4.60. The van der Waals surface area contributed by atoms with Crippen molar-refractivity contribution in [2.24, 2.45) is 0 Å². The fourth-order valence-electron chi connectivity index (χ4n) is 2.61. The maximum Gasteiger partial charge on any atom is 0.251 e. The van der Waals surface area contributed by atoms with E-state index in [2.05, 4.69) is 24.5 Å². The third-order valence-electron chi connectivity index (χ3n) is 3.96. The second kappa shape index (κ2) is 10.8. The fraction of sp³-hybridized carbons (Fsp3) is 0.579. The van der Waals surface area contributed by atoms with E-state index in [1.54, 1.807) is 19.2 Å². The predicted octanol–water partition coefficient (Wildman–Crippen LogP) is 2.56. The van der Waals surface area contributed by atoms with Crippen LogP contribution in [0.4, 0.5) is 0 Å². The molecule has 0 fully saturated rings. The number of nitrogens with zero attached hydrogens (tertiary/aromatic N) is 1. The zero-order valence-electron chi connectivity index (χ0n) is 15.4. The molecule has 5 heteroatoms. The minimum atomic E-state index is -0.0913. The first-order chi connectivity index (χ1) is 11.5. The van der Waals surface area contributed by atoms with Crippen molar-refractivity contribution < 1.29 is 9.59 Å². The number of carbonyl (C=O) groups excluding carboxylic acids is 2. The quantitative estimate of drug-likeness (QED) is 0.647. The van der Waals surface area contributed by atoms with E-state index in [-0.39, 0.29) is 17.9 Å². The van der Waals surface area contributed by atoms with E-state index in [0.717, 1.165) is 18.4 Å². The van der Waals surface area contributed by atoms with E-state index in [9.17, 15) is 9.59 Å². The molecule has 24 heavy (non-hydrogen) atoms. The maximum absolute atomic E-state index is 12.1. The molecule has 0 bridgehead atoms. The molecule has 0 radical (unpaired) electrons. The van der Waals surface area contributed by atoms with Gasteiger partial charge >= 0.3 is 0 Å². The van der Waals surface area contributed by atoms with Gasteiger partial charge in [-0.1, -0.05) is 38.3 Å². The minimum absolute atomic E-state index is 0.0588. The molecular weight excluding hydrogens is 302 g/mol. The van der Waals surface area contributed by atoms with Gasteiger partial charge in [-0.2, -0.15) is 0 Å².